The maximum atomic E-state index is 11.6. The highest BCUT2D eigenvalue weighted by Crippen LogP contribution is 2.12. The summed E-state index contributed by atoms with van der Waals surface area (Å²) in [4.78, 5) is 16.1. The molecule has 0 saturated carbocycles. The average molecular weight is 470 g/mol. The lowest BCUT2D eigenvalue weighted by atomic mass is 10.1. The molecule has 8 heteroatoms. The molecule has 0 aromatic heterocycles. The molecular weight excluding hydrogens is 435 g/mol. The van der Waals surface area contributed by atoms with Crippen LogP contribution in [0.2, 0.25) is 0 Å². The highest BCUT2D eigenvalue weighted by Gasteiger charge is 2.15. The number of carbonyl (C=O) groups excluding carboxylic acids is 1. The topological polar surface area (TPSA) is 84.0 Å². The lowest BCUT2D eigenvalue weighted by molar-refractivity contribution is -0.121. The third kappa shape index (κ3) is 13.3. The minimum absolute atomic E-state index is 0. The van der Waals surface area contributed by atoms with Gasteiger partial charge in [0.05, 0.1) is 13.2 Å². The molecule has 0 bridgehead atoms. The molecule has 1 amide bonds. The van der Waals surface area contributed by atoms with E-state index >= 15 is 0 Å². The zero-order chi connectivity index (χ0) is 17.6. The lowest BCUT2D eigenvalue weighted by Gasteiger charge is -2.12. The second-order valence-electron chi connectivity index (χ2n) is 6.32. The summed E-state index contributed by atoms with van der Waals surface area (Å²) < 4.78 is 11.0. The summed E-state index contributed by atoms with van der Waals surface area (Å²) in [6.45, 7) is 11.2. The maximum absolute atomic E-state index is 11.6. The number of nitrogens with one attached hydrogen (secondary N) is 3. The van der Waals surface area contributed by atoms with Gasteiger partial charge in [-0.2, -0.15) is 0 Å². The molecule has 25 heavy (non-hydrogen) atoms. The van der Waals surface area contributed by atoms with Crippen molar-refractivity contribution >= 4 is 35.8 Å². The van der Waals surface area contributed by atoms with E-state index < -0.39 is 0 Å². The summed E-state index contributed by atoms with van der Waals surface area (Å²) >= 11 is 0. The number of guanidine groups is 1. The molecule has 0 aromatic carbocycles. The third-order valence-electron chi connectivity index (χ3n) is 3.53. The van der Waals surface area contributed by atoms with Crippen LogP contribution in [0.15, 0.2) is 4.99 Å². The van der Waals surface area contributed by atoms with Crippen molar-refractivity contribution in [2.75, 3.05) is 46.1 Å². The van der Waals surface area contributed by atoms with Gasteiger partial charge in [-0.05, 0) is 33.6 Å². The van der Waals surface area contributed by atoms with Crippen LogP contribution in [0.5, 0.6) is 0 Å². The lowest BCUT2D eigenvalue weighted by Crippen LogP contribution is -2.40. The molecule has 1 rings (SSSR count). The second-order valence-corrected chi connectivity index (χ2v) is 6.32. The fraction of sp³-hybridized carbons (Fsp3) is 0.882. The number of ether oxygens (including phenoxy) is 2. The van der Waals surface area contributed by atoms with E-state index in [4.69, 9.17) is 9.47 Å². The van der Waals surface area contributed by atoms with E-state index in [0.717, 1.165) is 51.8 Å². The zero-order valence-electron chi connectivity index (χ0n) is 15.8. The summed E-state index contributed by atoms with van der Waals surface area (Å²) in [6.07, 6.45) is 2.43. The molecule has 1 aliphatic heterocycles. The Hall–Kier alpha value is -0.610. The van der Waals surface area contributed by atoms with E-state index in [1.54, 1.807) is 0 Å². The van der Waals surface area contributed by atoms with E-state index in [2.05, 4.69) is 20.9 Å². The minimum atomic E-state index is 0. The van der Waals surface area contributed by atoms with Crippen molar-refractivity contribution in [2.24, 2.45) is 10.9 Å². The minimum Gasteiger partial charge on any atom is -0.381 e. The zero-order valence-corrected chi connectivity index (χ0v) is 18.1. The van der Waals surface area contributed by atoms with Gasteiger partial charge in [-0.1, -0.05) is 0 Å². The van der Waals surface area contributed by atoms with Gasteiger partial charge in [-0.3, -0.25) is 9.79 Å². The number of hydrogen-bond acceptors (Lipinski definition) is 4. The predicted octanol–water partition coefficient (Wildman–Crippen LogP) is 1.52. The molecule has 7 nitrogen and oxygen atoms in total. The molecule has 0 aromatic rings. The number of aliphatic imine (C=N–C) groups is 1. The Kier molecular flexibility index (Phi) is 15.2. The first-order valence-electron chi connectivity index (χ1n) is 9.08. The van der Waals surface area contributed by atoms with Crippen LogP contribution in [0, 0.1) is 5.92 Å². The second kappa shape index (κ2) is 15.6. The summed E-state index contributed by atoms with van der Waals surface area (Å²) in [5, 5.41) is 9.24. The van der Waals surface area contributed by atoms with Crippen LogP contribution in [0.3, 0.4) is 0 Å². The molecule has 1 saturated heterocycles. The molecule has 1 heterocycles. The number of nitrogens with zero attached hydrogens (tertiary/aromatic N) is 1. The molecule has 1 unspecified atom stereocenters. The highest BCUT2D eigenvalue weighted by atomic mass is 127. The standard InChI is InChI=1S/C17H34N4O3.HI/c1-4-18-17(20-9-6-16(22)21-14(2)3)19-8-5-10-23-12-15-7-11-24-13-15;/h14-15H,4-13H2,1-3H3,(H,21,22)(H2,18,19,20);1H. The fourth-order valence-electron chi connectivity index (χ4n) is 2.35. The number of hydrogen-bond donors (Lipinski definition) is 3. The van der Waals surface area contributed by atoms with Crippen LogP contribution in [0.1, 0.15) is 40.0 Å². The van der Waals surface area contributed by atoms with Crippen LogP contribution < -0.4 is 16.0 Å². The van der Waals surface area contributed by atoms with Crippen molar-refractivity contribution in [3.05, 3.63) is 0 Å². The van der Waals surface area contributed by atoms with Gasteiger partial charge in [-0.15, -0.1) is 24.0 Å². The van der Waals surface area contributed by atoms with Crippen molar-refractivity contribution in [1.29, 1.82) is 0 Å². The Morgan fingerprint density at radius 2 is 2.16 bits per heavy atom. The smallest absolute Gasteiger partial charge is 0.221 e. The molecule has 0 spiro atoms. The largest absolute Gasteiger partial charge is 0.381 e. The summed E-state index contributed by atoms with van der Waals surface area (Å²) in [7, 11) is 0. The first-order valence-corrected chi connectivity index (χ1v) is 9.08. The quantitative estimate of drug-likeness (QED) is 0.185. The van der Waals surface area contributed by atoms with Gasteiger partial charge in [0.2, 0.25) is 5.91 Å². The average Bonchev–Trinajstić information content (AvgIpc) is 3.03. The summed E-state index contributed by atoms with van der Waals surface area (Å²) in [5.41, 5.74) is 0. The van der Waals surface area contributed by atoms with E-state index in [0.29, 0.717) is 25.4 Å². The van der Waals surface area contributed by atoms with Crippen LogP contribution >= 0.6 is 24.0 Å². The summed E-state index contributed by atoms with van der Waals surface area (Å²) in [6, 6.07) is 0.176. The van der Waals surface area contributed by atoms with Gasteiger partial charge in [-0.25, -0.2) is 0 Å². The Bertz CT molecular complexity index is 375. The van der Waals surface area contributed by atoms with Crippen molar-refractivity contribution in [3.63, 3.8) is 0 Å². The van der Waals surface area contributed by atoms with Crippen molar-refractivity contribution < 1.29 is 14.3 Å². The first-order chi connectivity index (χ1) is 11.6. The van der Waals surface area contributed by atoms with Crippen LogP contribution in [0.25, 0.3) is 0 Å². The monoisotopic (exact) mass is 470 g/mol. The Morgan fingerprint density at radius 3 is 2.80 bits per heavy atom. The number of amides is 1. The molecule has 1 fully saturated rings. The maximum Gasteiger partial charge on any atom is 0.221 e. The van der Waals surface area contributed by atoms with Gasteiger partial charge in [0.15, 0.2) is 5.96 Å². The van der Waals surface area contributed by atoms with E-state index in [9.17, 15) is 4.79 Å². The van der Waals surface area contributed by atoms with Crippen molar-refractivity contribution in [3.8, 4) is 0 Å². The highest BCUT2D eigenvalue weighted by molar-refractivity contribution is 14.0. The Balaban J connectivity index is 0.00000576. The SMILES string of the molecule is CCNC(=NCCCOCC1CCOC1)NCCC(=O)NC(C)C.I. The molecular formula is C17H35IN4O3. The summed E-state index contributed by atoms with van der Waals surface area (Å²) in [5.74, 6) is 1.36. The Morgan fingerprint density at radius 1 is 1.36 bits per heavy atom. The van der Waals surface area contributed by atoms with Gasteiger partial charge in [0, 0.05) is 51.2 Å². The molecule has 0 radical (unpaired) electrons. The van der Waals surface area contributed by atoms with Crippen molar-refractivity contribution in [2.45, 2.75) is 46.1 Å². The number of rotatable bonds is 11. The molecule has 148 valence electrons. The van der Waals surface area contributed by atoms with Crippen LogP contribution in [-0.4, -0.2) is 64.0 Å². The van der Waals surface area contributed by atoms with Gasteiger partial charge < -0.3 is 25.4 Å². The number of halogens is 1. The molecule has 1 aliphatic rings. The molecule has 3 N–H and O–H groups in total. The predicted molar refractivity (Wildman–Crippen MR) is 112 cm³/mol. The van der Waals surface area contributed by atoms with E-state index in [1.807, 2.05) is 20.8 Å². The Labute approximate surface area is 169 Å². The number of carbonyl (C=O) groups is 1. The van der Waals surface area contributed by atoms with Crippen molar-refractivity contribution in [1.82, 2.24) is 16.0 Å². The first kappa shape index (κ1) is 24.4. The molecule has 0 aliphatic carbocycles. The van der Waals surface area contributed by atoms with Gasteiger partial charge >= 0.3 is 0 Å². The molecule has 1 atom stereocenters. The fourth-order valence-corrected chi connectivity index (χ4v) is 2.35. The third-order valence-corrected chi connectivity index (χ3v) is 3.53. The van der Waals surface area contributed by atoms with Gasteiger partial charge in [0.1, 0.15) is 0 Å². The van der Waals surface area contributed by atoms with E-state index in [1.165, 1.54) is 0 Å². The van der Waals surface area contributed by atoms with E-state index in [-0.39, 0.29) is 35.9 Å². The van der Waals surface area contributed by atoms with Gasteiger partial charge in [0.25, 0.3) is 0 Å². The normalized spacial score (nSPS) is 17.3. The van der Waals surface area contributed by atoms with Crippen LogP contribution in [0.4, 0.5) is 0 Å². The van der Waals surface area contributed by atoms with Crippen LogP contribution in [-0.2, 0) is 14.3 Å².